The SMILES string of the molecule is O=C(c1ccc(NCCOc2cccc3cccnc23)cc1)N1CCC(O)(Cc2cccnc2F)CC1. The second kappa shape index (κ2) is 10.9. The standard InChI is InChI=1S/C29H29FN4O3/c30-27-23(6-3-15-33-27)20-29(36)12-17-34(18-13-29)28(35)22-8-10-24(11-9-22)31-16-19-37-25-7-1-4-21-5-2-14-32-26(21)25/h1-11,14-15,31,36H,12-13,16-20H2. The molecule has 0 unspecified atom stereocenters. The van der Waals surface area contributed by atoms with Gasteiger partial charge in [0.05, 0.1) is 5.60 Å². The van der Waals surface area contributed by atoms with Gasteiger partial charge >= 0.3 is 0 Å². The minimum absolute atomic E-state index is 0.0760. The number of fused-ring (bicyclic) bond motifs is 1. The first-order chi connectivity index (χ1) is 18.0. The maximum absolute atomic E-state index is 13.9. The van der Waals surface area contributed by atoms with Gasteiger partial charge in [-0.2, -0.15) is 4.39 Å². The molecular weight excluding hydrogens is 471 g/mol. The molecule has 8 heteroatoms. The third-order valence-electron chi connectivity index (χ3n) is 6.75. The van der Waals surface area contributed by atoms with E-state index in [4.69, 9.17) is 4.74 Å². The molecule has 0 aliphatic carbocycles. The van der Waals surface area contributed by atoms with Crippen molar-refractivity contribution in [2.45, 2.75) is 24.9 Å². The molecule has 0 saturated carbocycles. The van der Waals surface area contributed by atoms with Crippen molar-refractivity contribution in [3.8, 4) is 5.75 Å². The Kier molecular flexibility index (Phi) is 7.28. The Balaban J connectivity index is 1.10. The Morgan fingerprint density at radius 3 is 2.51 bits per heavy atom. The van der Waals surface area contributed by atoms with Crippen molar-refractivity contribution in [2.24, 2.45) is 0 Å². The van der Waals surface area contributed by atoms with Gasteiger partial charge in [-0.25, -0.2) is 4.98 Å². The van der Waals surface area contributed by atoms with E-state index in [1.807, 2.05) is 42.5 Å². The molecule has 5 rings (SSSR count). The van der Waals surface area contributed by atoms with E-state index in [9.17, 15) is 14.3 Å². The Labute approximate surface area is 214 Å². The number of aliphatic hydroxyl groups is 1. The van der Waals surface area contributed by atoms with Crippen LogP contribution in [0.25, 0.3) is 10.9 Å². The van der Waals surface area contributed by atoms with Gasteiger partial charge < -0.3 is 20.1 Å². The molecule has 1 amide bonds. The number of carbonyl (C=O) groups is 1. The molecule has 0 spiro atoms. The fraction of sp³-hybridized carbons (Fsp3) is 0.276. The highest BCUT2D eigenvalue weighted by Crippen LogP contribution is 2.28. The van der Waals surface area contributed by atoms with Gasteiger partial charge in [-0.1, -0.05) is 24.3 Å². The van der Waals surface area contributed by atoms with Crippen molar-refractivity contribution in [1.82, 2.24) is 14.9 Å². The maximum atomic E-state index is 13.9. The summed E-state index contributed by atoms with van der Waals surface area (Å²) in [5, 5.41) is 15.3. The maximum Gasteiger partial charge on any atom is 0.253 e. The van der Waals surface area contributed by atoms with Crippen LogP contribution in [0, 0.1) is 5.95 Å². The normalized spacial score (nSPS) is 14.9. The number of likely N-dealkylation sites (tertiary alicyclic amines) is 1. The number of carbonyl (C=O) groups excluding carboxylic acids is 1. The monoisotopic (exact) mass is 500 g/mol. The molecule has 0 radical (unpaired) electrons. The Morgan fingerprint density at radius 1 is 1.00 bits per heavy atom. The lowest BCUT2D eigenvalue weighted by Gasteiger charge is -2.38. The number of nitrogens with one attached hydrogen (secondary N) is 1. The summed E-state index contributed by atoms with van der Waals surface area (Å²) in [5.41, 5.74) is 1.67. The molecule has 3 heterocycles. The summed E-state index contributed by atoms with van der Waals surface area (Å²) in [7, 11) is 0. The van der Waals surface area contributed by atoms with Crippen molar-refractivity contribution in [2.75, 3.05) is 31.6 Å². The average molecular weight is 501 g/mol. The number of amides is 1. The van der Waals surface area contributed by atoms with Crippen LogP contribution in [0.4, 0.5) is 10.1 Å². The zero-order valence-electron chi connectivity index (χ0n) is 20.4. The fourth-order valence-electron chi connectivity index (χ4n) is 4.67. The Hall–Kier alpha value is -4.04. The van der Waals surface area contributed by atoms with Crippen LogP contribution in [0.1, 0.15) is 28.8 Å². The van der Waals surface area contributed by atoms with Crippen LogP contribution < -0.4 is 10.1 Å². The van der Waals surface area contributed by atoms with Crippen LogP contribution in [0.5, 0.6) is 5.75 Å². The predicted molar refractivity (Wildman–Crippen MR) is 140 cm³/mol. The number of ether oxygens (including phenoxy) is 1. The number of hydrogen-bond acceptors (Lipinski definition) is 6. The lowest BCUT2D eigenvalue weighted by Crippen LogP contribution is -2.47. The number of pyridine rings is 2. The van der Waals surface area contributed by atoms with E-state index in [-0.39, 0.29) is 12.3 Å². The predicted octanol–water partition coefficient (Wildman–Crippen LogP) is 4.47. The largest absolute Gasteiger partial charge is 0.489 e. The summed E-state index contributed by atoms with van der Waals surface area (Å²) < 4.78 is 19.8. The van der Waals surface area contributed by atoms with Gasteiger partial charge in [0.2, 0.25) is 5.95 Å². The third kappa shape index (κ3) is 5.86. The molecule has 2 aromatic carbocycles. The van der Waals surface area contributed by atoms with E-state index < -0.39 is 11.5 Å². The highest BCUT2D eigenvalue weighted by atomic mass is 19.1. The van der Waals surface area contributed by atoms with Crippen molar-refractivity contribution in [3.63, 3.8) is 0 Å². The number of para-hydroxylation sites is 1. The zero-order valence-corrected chi connectivity index (χ0v) is 20.4. The summed E-state index contributed by atoms with van der Waals surface area (Å²) in [5.74, 6) is 0.119. The summed E-state index contributed by atoms with van der Waals surface area (Å²) in [6, 6.07) is 20.4. The summed E-state index contributed by atoms with van der Waals surface area (Å²) in [6.07, 6.45) is 4.11. The van der Waals surface area contributed by atoms with Gasteiger partial charge in [-0.3, -0.25) is 9.78 Å². The Bertz CT molecular complexity index is 1370. The highest BCUT2D eigenvalue weighted by Gasteiger charge is 2.35. The Morgan fingerprint density at radius 2 is 1.73 bits per heavy atom. The molecule has 7 nitrogen and oxygen atoms in total. The lowest BCUT2D eigenvalue weighted by molar-refractivity contribution is -0.0169. The number of hydrogen-bond donors (Lipinski definition) is 2. The number of halogens is 1. The number of piperidine rings is 1. The van der Waals surface area contributed by atoms with E-state index in [0.29, 0.717) is 50.2 Å². The van der Waals surface area contributed by atoms with Crippen molar-refractivity contribution < 1.29 is 19.0 Å². The van der Waals surface area contributed by atoms with E-state index in [2.05, 4.69) is 15.3 Å². The minimum atomic E-state index is -1.04. The molecule has 1 fully saturated rings. The molecule has 37 heavy (non-hydrogen) atoms. The zero-order chi connectivity index (χ0) is 25.7. The van der Waals surface area contributed by atoms with Gasteiger partial charge in [0.15, 0.2) is 0 Å². The lowest BCUT2D eigenvalue weighted by atomic mass is 9.85. The molecule has 2 N–H and O–H groups in total. The fourth-order valence-corrected chi connectivity index (χ4v) is 4.67. The van der Waals surface area contributed by atoms with Crippen LogP contribution >= 0.6 is 0 Å². The van der Waals surface area contributed by atoms with Crippen LogP contribution in [0.15, 0.2) is 79.1 Å². The smallest absolute Gasteiger partial charge is 0.253 e. The molecule has 1 saturated heterocycles. The second-order valence-electron chi connectivity index (χ2n) is 9.33. The topological polar surface area (TPSA) is 87.6 Å². The number of nitrogens with zero attached hydrogens (tertiary/aromatic N) is 3. The molecular formula is C29H29FN4O3. The second-order valence-corrected chi connectivity index (χ2v) is 9.33. The van der Waals surface area contributed by atoms with Crippen molar-refractivity contribution >= 4 is 22.5 Å². The molecule has 2 aromatic heterocycles. The van der Waals surface area contributed by atoms with Crippen LogP contribution in [0.3, 0.4) is 0 Å². The molecule has 0 atom stereocenters. The van der Waals surface area contributed by atoms with Gasteiger partial charge in [-0.05, 0) is 55.3 Å². The van der Waals surface area contributed by atoms with E-state index in [1.165, 1.54) is 6.20 Å². The van der Waals surface area contributed by atoms with Gasteiger partial charge in [0, 0.05) is 60.6 Å². The first kappa shape index (κ1) is 24.6. The minimum Gasteiger partial charge on any atom is -0.489 e. The number of aromatic nitrogens is 2. The first-order valence-electron chi connectivity index (χ1n) is 12.4. The van der Waals surface area contributed by atoms with Crippen molar-refractivity contribution in [3.05, 3.63) is 96.2 Å². The van der Waals surface area contributed by atoms with Crippen LogP contribution in [0.2, 0.25) is 0 Å². The van der Waals surface area contributed by atoms with Gasteiger partial charge in [0.25, 0.3) is 5.91 Å². The number of rotatable bonds is 8. The van der Waals surface area contributed by atoms with Crippen LogP contribution in [-0.2, 0) is 6.42 Å². The third-order valence-corrected chi connectivity index (χ3v) is 6.75. The summed E-state index contributed by atoms with van der Waals surface area (Å²) in [4.78, 5) is 22.8. The van der Waals surface area contributed by atoms with Gasteiger partial charge in [0.1, 0.15) is 17.9 Å². The van der Waals surface area contributed by atoms with E-state index in [1.54, 1.807) is 35.4 Å². The first-order valence-corrected chi connectivity index (χ1v) is 12.4. The van der Waals surface area contributed by atoms with Crippen LogP contribution in [-0.4, -0.2) is 57.7 Å². The molecule has 0 bridgehead atoms. The average Bonchev–Trinajstić information content (AvgIpc) is 2.93. The van der Waals surface area contributed by atoms with Gasteiger partial charge in [-0.15, -0.1) is 0 Å². The summed E-state index contributed by atoms with van der Waals surface area (Å²) in [6.45, 7) is 1.89. The molecule has 1 aliphatic heterocycles. The molecule has 4 aromatic rings. The number of anilines is 1. The molecule has 1 aliphatic rings. The van der Waals surface area contributed by atoms with Crippen molar-refractivity contribution in [1.29, 1.82) is 0 Å². The summed E-state index contributed by atoms with van der Waals surface area (Å²) >= 11 is 0. The quantitative estimate of drug-likeness (QED) is 0.274. The number of benzene rings is 2. The molecule has 190 valence electrons. The van der Waals surface area contributed by atoms with E-state index in [0.717, 1.165) is 22.3 Å². The van der Waals surface area contributed by atoms with E-state index >= 15 is 0 Å². The highest BCUT2D eigenvalue weighted by molar-refractivity contribution is 5.94.